The Labute approximate surface area is 220 Å². The van der Waals surface area contributed by atoms with E-state index in [-0.39, 0.29) is 11.7 Å². The first-order chi connectivity index (χ1) is 17.8. The van der Waals surface area contributed by atoms with E-state index in [0.29, 0.717) is 37.2 Å². The maximum absolute atomic E-state index is 13.2. The molecule has 3 aromatic carbocycles. The number of carbonyl (C=O) groups excluding carboxylic acids is 1. The van der Waals surface area contributed by atoms with E-state index in [2.05, 4.69) is 22.8 Å². The summed E-state index contributed by atoms with van der Waals surface area (Å²) in [5, 5.41) is 17.3. The molecule has 0 spiro atoms. The summed E-state index contributed by atoms with van der Waals surface area (Å²) >= 11 is 0. The number of aliphatic hydroxyl groups excluding tert-OH is 1. The van der Waals surface area contributed by atoms with Crippen LogP contribution < -0.4 is 14.9 Å². The monoisotopic (exact) mass is 523 g/mol. The molecule has 0 bridgehead atoms. The van der Waals surface area contributed by atoms with Crippen LogP contribution in [0.5, 0.6) is 0 Å². The Morgan fingerprint density at radius 2 is 1.59 bits per heavy atom. The number of hydrogen-bond donors (Lipinski definition) is 3. The Balaban J connectivity index is 1.68. The van der Waals surface area contributed by atoms with E-state index in [0.717, 1.165) is 12.0 Å². The van der Waals surface area contributed by atoms with E-state index in [9.17, 15) is 18.3 Å². The average molecular weight is 524 g/mol. The minimum Gasteiger partial charge on any atom is -0.390 e. The topological polar surface area (TPSA) is 98.7 Å². The largest absolute Gasteiger partial charge is 0.390 e. The van der Waals surface area contributed by atoms with Crippen LogP contribution in [0.4, 0.5) is 5.69 Å². The van der Waals surface area contributed by atoms with Crippen molar-refractivity contribution in [1.29, 1.82) is 0 Å². The standard InChI is InChI=1S/C29H37N3O4S/c1-3-19-37(35,36)32(2)26-16-10-15-25(21-26)29(34)31-27(20-24-13-8-5-9-14-24)28(33)22-30-18-17-23-11-6-4-7-12-23/h4-16,21,27-28,30,33H,3,17-20,22H2,1-2H3,(H,31,34)/t27-,28+/m0/s1. The number of nitrogens with one attached hydrogen (secondary N) is 2. The maximum Gasteiger partial charge on any atom is 0.251 e. The molecule has 1 amide bonds. The fourth-order valence-electron chi connectivity index (χ4n) is 4.07. The normalized spacial score (nSPS) is 13.1. The Hall–Kier alpha value is -3.20. The van der Waals surface area contributed by atoms with Gasteiger partial charge in [-0.2, -0.15) is 0 Å². The Morgan fingerprint density at radius 1 is 0.946 bits per heavy atom. The first-order valence-electron chi connectivity index (χ1n) is 12.6. The highest BCUT2D eigenvalue weighted by molar-refractivity contribution is 7.92. The lowest BCUT2D eigenvalue weighted by Gasteiger charge is -2.25. The van der Waals surface area contributed by atoms with Gasteiger partial charge in [-0.05, 0) is 55.1 Å². The zero-order valence-corrected chi connectivity index (χ0v) is 22.3. The second-order valence-electron chi connectivity index (χ2n) is 9.11. The average Bonchev–Trinajstić information content (AvgIpc) is 2.91. The van der Waals surface area contributed by atoms with Crippen molar-refractivity contribution in [3.8, 4) is 0 Å². The molecule has 0 aliphatic rings. The predicted molar refractivity (Wildman–Crippen MR) is 149 cm³/mol. The van der Waals surface area contributed by atoms with Gasteiger partial charge in [0.25, 0.3) is 5.91 Å². The van der Waals surface area contributed by atoms with E-state index >= 15 is 0 Å². The second-order valence-corrected chi connectivity index (χ2v) is 11.2. The third-order valence-electron chi connectivity index (χ3n) is 6.22. The zero-order chi connectivity index (χ0) is 26.7. The number of anilines is 1. The molecule has 3 N–H and O–H groups in total. The number of sulfonamides is 1. The van der Waals surface area contributed by atoms with E-state index in [4.69, 9.17) is 0 Å². The van der Waals surface area contributed by atoms with Crippen LogP contribution in [0.3, 0.4) is 0 Å². The molecule has 0 saturated carbocycles. The van der Waals surface area contributed by atoms with Crippen LogP contribution in [0.1, 0.15) is 34.8 Å². The van der Waals surface area contributed by atoms with E-state index in [1.54, 1.807) is 24.3 Å². The number of amides is 1. The minimum absolute atomic E-state index is 0.0303. The van der Waals surface area contributed by atoms with Crippen molar-refractivity contribution in [2.45, 2.75) is 38.3 Å². The third kappa shape index (κ3) is 8.70. The molecule has 0 radical (unpaired) electrons. The molecule has 0 aliphatic heterocycles. The van der Waals surface area contributed by atoms with Crippen molar-refractivity contribution in [2.24, 2.45) is 0 Å². The van der Waals surface area contributed by atoms with Gasteiger partial charge in [0.2, 0.25) is 10.0 Å². The summed E-state index contributed by atoms with van der Waals surface area (Å²) < 4.78 is 26.2. The molecule has 0 fully saturated rings. The van der Waals surface area contributed by atoms with Crippen molar-refractivity contribution in [2.75, 3.05) is 30.2 Å². The molecule has 0 heterocycles. The molecule has 0 aromatic heterocycles. The highest BCUT2D eigenvalue weighted by atomic mass is 32.2. The van der Waals surface area contributed by atoms with Gasteiger partial charge < -0.3 is 15.7 Å². The first-order valence-corrected chi connectivity index (χ1v) is 14.2. The number of hydrogen-bond acceptors (Lipinski definition) is 5. The van der Waals surface area contributed by atoms with Crippen LogP contribution in [-0.2, 0) is 22.9 Å². The van der Waals surface area contributed by atoms with Gasteiger partial charge in [0.1, 0.15) is 0 Å². The highest BCUT2D eigenvalue weighted by Crippen LogP contribution is 2.19. The van der Waals surface area contributed by atoms with Crippen LogP contribution in [0.25, 0.3) is 0 Å². The minimum atomic E-state index is -3.46. The van der Waals surface area contributed by atoms with Crippen molar-refractivity contribution >= 4 is 21.6 Å². The highest BCUT2D eigenvalue weighted by Gasteiger charge is 2.23. The number of benzene rings is 3. The van der Waals surface area contributed by atoms with Crippen LogP contribution in [0.15, 0.2) is 84.9 Å². The molecule has 0 unspecified atom stereocenters. The maximum atomic E-state index is 13.2. The van der Waals surface area contributed by atoms with Gasteiger partial charge in [-0.3, -0.25) is 9.10 Å². The van der Waals surface area contributed by atoms with E-state index in [1.165, 1.54) is 16.9 Å². The summed E-state index contributed by atoms with van der Waals surface area (Å²) in [5.41, 5.74) is 2.96. The first kappa shape index (κ1) is 28.4. The van der Waals surface area contributed by atoms with Crippen LogP contribution in [0.2, 0.25) is 0 Å². The molecule has 0 saturated heterocycles. The fourth-order valence-corrected chi connectivity index (χ4v) is 5.30. The van der Waals surface area contributed by atoms with Crippen LogP contribution >= 0.6 is 0 Å². The molecule has 7 nitrogen and oxygen atoms in total. The summed E-state index contributed by atoms with van der Waals surface area (Å²) in [6.07, 6.45) is 0.977. The lowest BCUT2D eigenvalue weighted by atomic mass is 10.00. The van der Waals surface area contributed by atoms with Crippen molar-refractivity contribution < 1.29 is 18.3 Å². The number of aliphatic hydroxyl groups is 1. The van der Waals surface area contributed by atoms with Crippen molar-refractivity contribution in [3.63, 3.8) is 0 Å². The van der Waals surface area contributed by atoms with E-state index in [1.807, 2.05) is 55.5 Å². The molecule has 8 heteroatoms. The summed E-state index contributed by atoms with van der Waals surface area (Å²) in [7, 11) is -1.97. The molecule has 3 aromatic rings. The molecular formula is C29H37N3O4S. The van der Waals surface area contributed by atoms with Gasteiger partial charge >= 0.3 is 0 Å². The molecular weight excluding hydrogens is 486 g/mol. The summed E-state index contributed by atoms with van der Waals surface area (Å²) in [4.78, 5) is 13.2. The Morgan fingerprint density at radius 3 is 2.24 bits per heavy atom. The summed E-state index contributed by atoms with van der Waals surface area (Å²) in [5.74, 6) is -0.338. The lowest BCUT2D eigenvalue weighted by Crippen LogP contribution is -2.49. The quantitative estimate of drug-likeness (QED) is 0.281. The van der Waals surface area contributed by atoms with Crippen LogP contribution in [-0.4, -0.2) is 57.5 Å². The smallest absolute Gasteiger partial charge is 0.251 e. The van der Waals surface area contributed by atoms with Gasteiger partial charge in [-0.25, -0.2) is 8.42 Å². The predicted octanol–water partition coefficient (Wildman–Crippen LogP) is 3.40. The van der Waals surface area contributed by atoms with Gasteiger partial charge in [-0.1, -0.05) is 73.7 Å². The molecule has 37 heavy (non-hydrogen) atoms. The van der Waals surface area contributed by atoms with Gasteiger partial charge in [-0.15, -0.1) is 0 Å². The molecule has 3 rings (SSSR count). The lowest BCUT2D eigenvalue weighted by molar-refractivity contribution is 0.0831. The number of nitrogens with zero attached hydrogens (tertiary/aromatic N) is 1. The van der Waals surface area contributed by atoms with E-state index < -0.39 is 22.2 Å². The SMILES string of the molecule is CCCS(=O)(=O)N(C)c1cccc(C(=O)N[C@@H](Cc2ccccc2)[C@H](O)CNCCc2ccccc2)c1. The summed E-state index contributed by atoms with van der Waals surface area (Å²) in [6, 6.07) is 25.8. The molecule has 198 valence electrons. The third-order valence-corrected chi connectivity index (χ3v) is 8.19. The number of rotatable bonds is 14. The van der Waals surface area contributed by atoms with Gasteiger partial charge in [0.15, 0.2) is 0 Å². The van der Waals surface area contributed by atoms with Crippen LogP contribution in [0, 0.1) is 0 Å². The molecule has 2 atom stereocenters. The summed E-state index contributed by atoms with van der Waals surface area (Å²) in [6.45, 7) is 2.83. The fraction of sp³-hybridized carbons (Fsp3) is 0.345. The second kappa shape index (κ2) is 13.9. The zero-order valence-electron chi connectivity index (χ0n) is 21.5. The number of carbonyl (C=O) groups is 1. The van der Waals surface area contributed by atoms with Crippen molar-refractivity contribution in [3.05, 3.63) is 102 Å². The Kier molecular flexibility index (Phi) is 10.7. The van der Waals surface area contributed by atoms with Gasteiger partial charge in [0.05, 0.1) is 23.6 Å². The van der Waals surface area contributed by atoms with Crippen molar-refractivity contribution in [1.82, 2.24) is 10.6 Å². The Bertz CT molecular complexity index is 1220. The van der Waals surface area contributed by atoms with Gasteiger partial charge in [0, 0.05) is 19.2 Å². The molecule has 0 aliphatic carbocycles.